The van der Waals surface area contributed by atoms with Crippen LogP contribution in [0.1, 0.15) is 22.3 Å². The quantitative estimate of drug-likeness (QED) is 0.806. The van der Waals surface area contributed by atoms with E-state index >= 15 is 0 Å². The largest absolute Gasteiger partial charge is 0.457 e. The minimum Gasteiger partial charge on any atom is -0.457 e. The number of anilines is 1. The van der Waals surface area contributed by atoms with Crippen molar-refractivity contribution < 1.29 is 9.21 Å². The van der Waals surface area contributed by atoms with E-state index in [0.29, 0.717) is 10.2 Å². The van der Waals surface area contributed by atoms with Crippen LogP contribution in [0.5, 0.6) is 0 Å². The second kappa shape index (κ2) is 4.61. The molecule has 4 heteroatoms. The molecule has 2 aromatic rings. The molecule has 1 aromatic carbocycles. The Morgan fingerprint density at radius 2 is 2.11 bits per heavy atom. The second-order valence-corrected chi connectivity index (χ2v) is 5.02. The summed E-state index contributed by atoms with van der Waals surface area (Å²) < 4.78 is 5.63. The summed E-state index contributed by atoms with van der Waals surface area (Å²) in [5.74, 6) is -0.0113. The highest BCUT2D eigenvalue weighted by atomic mass is 79.9. The molecule has 0 fully saturated rings. The van der Waals surface area contributed by atoms with Crippen LogP contribution in [-0.4, -0.2) is 12.5 Å². The molecule has 0 bridgehead atoms. The molecular weight excluding hydrogens is 294 g/mol. The highest BCUT2D eigenvalue weighted by Gasteiger charge is 2.25. The number of rotatable bonds is 1. The average Bonchev–Trinajstić information content (AvgIpc) is 2.83. The van der Waals surface area contributed by atoms with Gasteiger partial charge in [-0.2, -0.15) is 0 Å². The number of halogens is 1. The van der Waals surface area contributed by atoms with Gasteiger partial charge in [-0.1, -0.05) is 18.2 Å². The van der Waals surface area contributed by atoms with Crippen molar-refractivity contribution >= 4 is 27.5 Å². The van der Waals surface area contributed by atoms with Crippen molar-refractivity contribution in [2.24, 2.45) is 0 Å². The lowest BCUT2D eigenvalue weighted by Gasteiger charge is -2.29. The number of fused-ring (bicyclic) bond motifs is 1. The second-order valence-electron chi connectivity index (χ2n) is 4.30. The smallest absolute Gasteiger partial charge is 0.262 e. The molecule has 1 amide bonds. The molecule has 0 aliphatic carbocycles. The Balaban J connectivity index is 2.00. The van der Waals surface area contributed by atoms with Crippen LogP contribution in [0.15, 0.2) is 45.7 Å². The number of hydrogen-bond acceptors (Lipinski definition) is 2. The number of hydrogen-bond donors (Lipinski definition) is 0. The number of carbonyl (C=O) groups is 1. The summed E-state index contributed by atoms with van der Waals surface area (Å²) in [6.45, 7) is 0.757. The van der Waals surface area contributed by atoms with E-state index in [-0.39, 0.29) is 5.91 Å². The molecule has 0 unspecified atom stereocenters. The van der Waals surface area contributed by atoms with Crippen molar-refractivity contribution in [1.82, 2.24) is 0 Å². The molecule has 0 saturated carbocycles. The molecule has 1 aliphatic heterocycles. The Kier molecular flexibility index (Phi) is 2.96. The van der Waals surface area contributed by atoms with Crippen molar-refractivity contribution in [3.8, 4) is 0 Å². The highest BCUT2D eigenvalue weighted by Crippen LogP contribution is 2.29. The molecule has 3 nitrogen and oxygen atoms in total. The Labute approximate surface area is 114 Å². The van der Waals surface area contributed by atoms with E-state index in [4.69, 9.17) is 4.42 Å². The first kappa shape index (κ1) is 11.5. The SMILES string of the molecule is O=C(c1ccoc1Br)N1CCCc2ccccc21. The molecule has 3 rings (SSSR count). The number of nitrogens with zero attached hydrogens (tertiary/aromatic N) is 1. The standard InChI is InChI=1S/C14H12BrNO2/c15-13-11(7-9-18-13)14(17)16-8-3-5-10-4-1-2-6-12(10)16/h1-2,4,6-7,9H,3,5,8H2. The van der Waals surface area contributed by atoms with Gasteiger partial charge in [-0.05, 0) is 46.5 Å². The van der Waals surface area contributed by atoms with Gasteiger partial charge in [-0.25, -0.2) is 0 Å². The molecule has 0 N–H and O–H groups in total. The molecule has 0 atom stereocenters. The van der Waals surface area contributed by atoms with Crippen molar-refractivity contribution in [2.45, 2.75) is 12.8 Å². The fraction of sp³-hybridized carbons (Fsp3) is 0.214. The zero-order valence-electron chi connectivity index (χ0n) is 9.73. The third kappa shape index (κ3) is 1.86. The van der Waals surface area contributed by atoms with Crippen molar-refractivity contribution in [3.05, 3.63) is 52.4 Å². The molecule has 0 saturated heterocycles. The summed E-state index contributed by atoms with van der Waals surface area (Å²) in [6.07, 6.45) is 3.55. The molecule has 1 aliphatic rings. The summed E-state index contributed by atoms with van der Waals surface area (Å²) in [5.41, 5.74) is 2.82. The van der Waals surface area contributed by atoms with Crippen LogP contribution in [-0.2, 0) is 6.42 Å². The van der Waals surface area contributed by atoms with Gasteiger partial charge in [0.2, 0.25) is 0 Å². The third-order valence-corrected chi connectivity index (χ3v) is 3.82. The predicted molar refractivity (Wildman–Crippen MR) is 72.8 cm³/mol. The summed E-state index contributed by atoms with van der Waals surface area (Å²) in [5, 5.41) is 0. The Morgan fingerprint density at radius 1 is 1.28 bits per heavy atom. The molecule has 0 spiro atoms. The van der Waals surface area contributed by atoms with Gasteiger partial charge < -0.3 is 9.32 Å². The Bertz CT molecular complexity index is 591. The van der Waals surface area contributed by atoms with E-state index in [9.17, 15) is 4.79 Å². The number of aryl methyl sites for hydroxylation is 1. The average molecular weight is 306 g/mol. The fourth-order valence-corrected chi connectivity index (χ4v) is 2.75. The van der Waals surface area contributed by atoms with Crippen LogP contribution in [0.4, 0.5) is 5.69 Å². The zero-order valence-corrected chi connectivity index (χ0v) is 11.3. The lowest BCUT2D eigenvalue weighted by atomic mass is 10.0. The number of carbonyl (C=O) groups excluding carboxylic acids is 1. The van der Waals surface area contributed by atoms with Gasteiger partial charge in [0, 0.05) is 12.2 Å². The molecule has 2 heterocycles. The van der Waals surface area contributed by atoms with E-state index in [1.54, 1.807) is 6.07 Å². The normalized spacial score (nSPS) is 14.4. The number of benzene rings is 1. The number of para-hydroxylation sites is 1. The van der Waals surface area contributed by atoms with Crippen LogP contribution >= 0.6 is 15.9 Å². The summed E-state index contributed by atoms with van der Waals surface area (Å²) in [7, 11) is 0. The van der Waals surface area contributed by atoms with Gasteiger partial charge in [0.1, 0.15) is 0 Å². The minimum atomic E-state index is -0.0113. The first-order valence-corrected chi connectivity index (χ1v) is 6.69. The first-order valence-electron chi connectivity index (χ1n) is 5.90. The van der Waals surface area contributed by atoms with Gasteiger partial charge in [-0.3, -0.25) is 4.79 Å². The maximum atomic E-state index is 12.5. The first-order chi connectivity index (χ1) is 8.77. The summed E-state index contributed by atoms with van der Waals surface area (Å²) in [6, 6.07) is 9.76. The summed E-state index contributed by atoms with van der Waals surface area (Å²) in [4.78, 5) is 14.3. The van der Waals surface area contributed by atoms with Crippen molar-refractivity contribution in [3.63, 3.8) is 0 Å². The monoisotopic (exact) mass is 305 g/mol. The molecule has 92 valence electrons. The van der Waals surface area contributed by atoms with Gasteiger partial charge in [0.15, 0.2) is 4.67 Å². The number of furan rings is 1. The molecule has 18 heavy (non-hydrogen) atoms. The van der Waals surface area contributed by atoms with Crippen LogP contribution < -0.4 is 4.90 Å². The van der Waals surface area contributed by atoms with Crippen LogP contribution in [0.2, 0.25) is 0 Å². The number of amides is 1. The Hall–Kier alpha value is -1.55. The van der Waals surface area contributed by atoms with Gasteiger partial charge in [-0.15, -0.1) is 0 Å². The zero-order chi connectivity index (χ0) is 12.5. The summed E-state index contributed by atoms with van der Waals surface area (Å²) >= 11 is 3.26. The van der Waals surface area contributed by atoms with Crippen LogP contribution in [0.3, 0.4) is 0 Å². The van der Waals surface area contributed by atoms with E-state index in [0.717, 1.165) is 25.1 Å². The van der Waals surface area contributed by atoms with Gasteiger partial charge in [0.05, 0.1) is 11.8 Å². The molecule has 1 aromatic heterocycles. The fourth-order valence-electron chi connectivity index (χ4n) is 2.34. The van der Waals surface area contributed by atoms with E-state index in [2.05, 4.69) is 22.0 Å². The van der Waals surface area contributed by atoms with Gasteiger partial charge >= 0.3 is 0 Å². The van der Waals surface area contributed by atoms with Crippen LogP contribution in [0.25, 0.3) is 0 Å². The van der Waals surface area contributed by atoms with E-state index in [1.165, 1.54) is 11.8 Å². The van der Waals surface area contributed by atoms with Crippen molar-refractivity contribution in [2.75, 3.05) is 11.4 Å². The third-order valence-electron chi connectivity index (χ3n) is 3.20. The Morgan fingerprint density at radius 3 is 2.89 bits per heavy atom. The predicted octanol–water partition coefficient (Wildman–Crippen LogP) is 3.64. The lowest BCUT2D eigenvalue weighted by Crippen LogP contribution is -2.35. The maximum Gasteiger partial charge on any atom is 0.262 e. The maximum absolute atomic E-state index is 12.5. The molecule has 0 radical (unpaired) electrons. The van der Waals surface area contributed by atoms with Crippen LogP contribution in [0, 0.1) is 0 Å². The van der Waals surface area contributed by atoms with Crippen molar-refractivity contribution in [1.29, 1.82) is 0 Å². The van der Waals surface area contributed by atoms with Gasteiger partial charge in [0.25, 0.3) is 5.91 Å². The topological polar surface area (TPSA) is 33.5 Å². The van der Waals surface area contributed by atoms with E-state index in [1.807, 2.05) is 23.1 Å². The molecular formula is C14H12BrNO2. The minimum absolute atomic E-state index is 0.0113. The van der Waals surface area contributed by atoms with E-state index < -0.39 is 0 Å². The highest BCUT2D eigenvalue weighted by molar-refractivity contribution is 9.10. The lowest BCUT2D eigenvalue weighted by molar-refractivity contribution is 0.0983.